The van der Waals surface area contributed by atoms with E-state index in [1.807, 2.05) is 74.5 Å². The second kappa shape index (κ2) is 13.0. The van der Waals surface area contributed by atoms with Gasteiger partial charge in [-0.1, -0.05) is 48.0 Å². The predicted octanol–water partition coefficient (Wildman–Crippen LogP) is 6.64. The molecule has 0 spiro atoms. The molecule has 1 aromatic heterocycles. The van der Waals surface area contributed by atoms with Crippen LogP contribution in [0, 0.1) is 0 Å². The number of carbonyl (C=O) groups excluding carboxylic acids is 2. The molecule has 1 heterocycles. The zero-order valence-electron chi connectivity index (χ0n) is 23.6. The molecule has 0 saturated carbocycles. The van der Waals surface area contributed by atoms with Crippen molar-refractivity contribution >= 4 is 22.7 Å². The van der Waals surface area contributed by atoms with Crippen molar-refractivity contribution in [2.75, 3.05) is 20.8 Å². The molecule has 0 fully saturated rings. The molecule has 0 radical (unpaired) electrons. The number of carbonyl (C=O) groups is 2. The lowest BCUT2D eigenvalue weighted by atomic mass is 10.0. The van der Waals surface area contributed by atoms with E-state index in [0.717, 1.165) is 27.6 Å². The van der Waals surface area contributed by atoms with Gasteiger partial charge in [-0.05, 0) is 67.6 Å². The summed E-state index contributed by atoms with van der Waals surface area (Å²) in [5.41, 5.74) is 4.41. The number of rotatable bonds is 12. The van der Waals surface area contributed by atoms with Gasteiger partial charge >= 0.3 is 0 Å². The quantitative estimate of drug-likeness (QED) is 0.160. The molecule has 0 bridgehead atoms. The third-order valence-electron chi connectivity index (χ3n) is 6.67. The minimum absolute atomic E-state index is 0.162. The number of amides is 1. The monoisotopic (exact) mass is 541 g/mol. The molecule has 0 aliphatic rings. The van der Waals surface area contributed by atoms with Crippen molar-refractivity contribution in [3.8, 4) is 17.2 Å². The lowest BCUT2D eigenvalue weighted by molar-refractivity contribution is -0.116. The molecule has 0 aliphatic carbocycles. The van der Waals surface area contributed by atoms with Crippen LogP contribution >= 0.6 is 0 Å². The van der Waals surface area contributed by atoms with Crippen molar-refractivity contribution in [3.63, 3.8) is 0 Å². The molecule has 1 atom stereocenters. The summed E-state index contributed by atoms with van der Waals surface area (Å²) in [6.07, 6.45) is 2.58. The SMILES string of the molecule is COc1ccc(CCNC(=O)/C=C(\C)Cc2ccc(OC(C)c3ccccc3)c3oc(C(C)=O)cc23)cc1OC. The molecule has 0 saturated heterocycles. The van der Waals surface area contributed by atoms with E-state index in [-0.39, 0.29) is 23.6 Å². The van der Waals surface area contributed by atoms with E-state index in [9.17, 15) is 9.59 Å². The third-order valence-corrected chi connectivity index (χ3v) is 6.67. The predicted molar refractivity (Wildman–Crippen MR) is 155 cm³/mol. The topological polar surface area (TPSA) is 87.0 Å². The van der Waals surface area contributed by atoms with Crippen molar-refractivity contribution < 1.29 is 28.2 Å². The molecular weight excluding hydrogens is 506 g/mol. The molecule has 208 valence electrons. The Labute approximate surface area is 234 Å². The Hall–Kier alpha value is -4.52. The summed E-state index contributed by atoms with van der Waals surface area (Å²) >= 11 is 0. The number of furan rings is 1. The zero-order valence-corrected chi connectivity index (χ0v) is 23.6. The highest BCUT2D eigenvalue weighted by molar-refractivity contribution is 5.98. The first-order chi connectivity index (χ1) is 19.3. The fourth-order valence-electron chi connectivity index (χ4n) is 4.55. The first-order valence-corrected chi connectivity index (χ1v) is 13.2. The molecule has 1 unspecified atom stereocenters. The van der Waals surface area contributed by atoms with Gasteiger partial charge in [-0.15, -0.1) is 0 Å². The summed E-state index contributed by atoms with van der Waals surface area (Å²) in [4.78, 5) is 24.7. The van der Waals surface area contributed by atoms with E-state index >= 15 is 0 Å². The van der Waals surface area contributed by atoms with Crippen molar-refractivity contribution in [2.45, 2.75) is 39.7 Å². The number of nitrogens with one attached hydrogen (secondary N) is 1. The molecule has 4 aromatic rings. The summed E-state index contributed by atoms with van der Waals surface area (Å²) in [6.45, 7) is 5.84. The van der Waals surface area contributed by atoms with Gasteiger partial charge in [-0.2, -0.15) is 0 Å². The van der Waals surface area contributed by atoms with E-state index in [1.165, 1.54) is 6.92 Å². The molecule has 0 aliphatic heterocycles. The standard InChI is InChI=1S/C33H35NO6/c1-21(18-32(36)34-16-15-24-11-13-28(37-4)31(19-24)38-5)17-26-12-14-29(33-27(26)20-30(40-33)22(2)35)39-23(3)25-9-7-6-8-10-25/h6-14,18-20,23H,15-17H2,1-5H3,(H,34,36)/b21-18+. The smallest absolute Gasteiger partial charge is 0.243 e. The summed E-state index contributed by atoms with van der Waals surface area (Å²) < 4.78 is 22.8. The number of fused-ring (bicyclic) bond motifs is 1. The van der Waals surface area contributed by atoms with Gasteiger partial charge in [-0.25, -0.2) is 0 Å². The molecule has 7 nitrogen and oxygen atoms in total. The van der Waals surface area contributed by atoms with E-state index in [4.69, 9.17) is 18.6 Å². The van der Waals surface area contributed by atoms with Crippen LogP contribution in [0.4, 0.5) is 0 Å². The Balaban J connectivity index is 1.45. The number of benzene rings is 3. The summed E-state index contributed by atoms with van der Waals surface area (Å²) in [7, 11) is 3.20. The normalized spacial score (nSPS) is 12.2. The highest BCUT2D eigenvalue weighted by Crippen LogP contribution is 2.35. The maximum absolute atomic E-state index is 12.6. The molecule has 1 N–H and O–H groups in total. The molecule has 1 amide bonds. The second-order valence-corrected chi connectivity index (χ2v) is 9.70. The van der Waals surface area contributed by atoms with Crippen molar-refractivity contribution in [1.29, 1.82) is 0 Å². The van der Waals surface area contributed by atoms with Crippen LogP contribution in [0.3, 0.4) is 0 Å². The first kappa shape index (κ1) is 28.5. The van der Waals surface area contributed by atoms with Gasteiger partial charge in [0, 0.05) is 24.9 Å². The molecular formula is C33H35NO6. The number of ether oxygens (including phenoxy) is 3. The van der Waals surface area contributed by atoms with Crippen molar-refractivity contribution in [3.05, 3.63) is 101 Å². The zero-order chi connectivity index (χ0) is 28.6. The third kappa shape index (κ3) is 6.91. The van der Waals surface area contributed by atoms with E-state index < -0.39 is 0 Å². The van der Waals surface area contributed by atoms with Crippen LogP contribution in [-0.4, -0.2) is 32.5 Å². The van der Waals surface area contributed by atoms with E-state index in [2.05, 4.69) is 5.32 Å². The van der Waals surface area contributed by atoms with Gasteiger partial charge in [0.25, 0.3) is 0 Å². The average Bonchev–Trinajstić information content (AvgIpc) is 3.41. The Morgan fingerprint density at radius 1 is 0.925 bits per heavy atom. The van der Waals surface area contributed by atoms with Gasteiger partial charge in [0.15, 0.2) is 34.4 Å². The highest BCUT2D eigenvalue weighted by Gasteiger charge is 2.18. The number of allylic oxidation sites excluding steroid dienone is 1. The maximum Gasteiger partial charge on any atom is 0.243 e. The molecule has 40 heavy (non-hydrogen) atoms. The van der Waals surface area contributed by atoms with E-state index in [1.54, 1.807) is 26.4 Å². The number of Topliss-reactive ketones (excluding diaryl/α,β-unsaturated/α-hetero) is 1. The lowest BCUT2D eigenvalue weighted by Crippen LogP contribution is -2.24. The van der Waals surface area contributed by atoms with Crippen LogP contribution in [0.5, 0.6) is 17.2 Å². The Kier molecular flexibility index (Phi) is 9.27. The van der Waals surface area contributed by atoms with Crippen LogP contribution in [-0.2, 0) is 17.6 Å². The molecule has 7 heteroatoms. The Morgan fingerprint density at radius 2 is 1.65 bits per heavy atom. The maximum atomic E-state index is 12.6. The largest absolute Gasteiger partial charge is 0.493 e. The fraction of sp³-hybridized carbons (Fsp3) is 0.273. The highest BCUT2D eigenvalue weighted by atomic mass is 16.5. The minimum atomic E-state index is -0.203. The lowest BCUT2D eigenvalue weighted by Gasteiger charge is -2.16. The fourth-order valence-corrected chi connectivity index (χ4v) is 4.55. The van der Waals surface area contributed by atoms with Crippen LogP contribution < -0.4 is 19.5 Å². The van der Waals surface area contributed by atoms with Gasteiger partial charge in [0.2, 0.25) is 5.91 Å². The van der Waals surface area contributed by atoms with Crippen LogP contribution in [0.15, 0.2) is 82.8 Å². The number of hydrogen-bond acceptors (Lipinski definition) is 6. The van der Waals surface area contributed by atoms with Crippen molar-refractivity contribution in [2.24, 2.45) is 0 Å². The summed E-state index contributed by atoms with van der Waals surface area (Å²) in [5, 5.41) is 3.74. The first-order valence-electron chi connectivity index (χ1n) is 13.2. The van der Waals surface area contributed by atoms with Crippen LogP contribution in [0.2, 0.25) is 0 Å². The van der Waals surface area contributed by atoms with Crippen LogP contribution in [0.1, 0.15) is 54.1 Å². The summed E-state index contributed by atoms with van der Waals surface area (Å²) in [6, 6.07) is 21.2. The Morgan fingerprint density at radius 3 is 2.35 bits per heavy atom. The van der Waals surface area contributed by atoms with Gasteiger partial charge in [-0.3, -0.25) is 9.59 Å². The van der Waals surface area contributed by atoms with Gasteiger partial charge in [0.1, 0.15) is 6.10 Å². The van der Waals surface area contributed by atoms with Gasteiger partial charge < -0.3 is 23.9 Å². The molecule has 3 aromatic carbocycles. The second-order valence-electron chi connectivity index (χ2n) is 9.70. The summed E-state index contributed by atoms with van der Waals surface area (Å²) in [5.74, 6) is 1.84. The average molecular weight is 542 g/mol. The minimum Gasteiger partial charge on any atom is -0.493 e. The Bertz CT molecular complexity index is 1520. The van der Waals surface area contributed by atoms with Crippen LogP contribution in [0.25, 0.3) is 11.0 Å². The van der Waals surface area contributed by atoms with Crippen molar-refractivity contribution in [1.82, 2.24) is 5.32 Å². The van der Waals surface area contributed by atoms with E-state index in [0.29, 0.717) is 42.2 Å². The number of hydrogen-bond donors (Lipinski definition) is 1. The molecule has 4 rings (SSSR count). The number of methoxy groups -OCH3 is 2. The number of ketones is 1. The van der Waals surface area contributed by atoms with Gasteiger partial charge in [0.05, 0.1) is 14.2 Å².